The van der Waals surface area contributed by atoms with E-state index >= 15 is 0 Å². The molecule has 5 nitrogen and oxygen atoms in total. The third-order valence-electron chi connectivity index (χ3n) is 5.27. The minimum absolute atomic E-state index is 0.114. The Hall–Kier alpha value is -1.10. The molecule has 0 aliphatic heterocycles. The van der Waals surface area contributed by atoms with E-state index in [9.17, 15) is 0 Å². The zero-order valence-electron chi connectivity index (χ0n) is 10.9. The SMILES string of the molecule is CNC(C)c1nnc(NC2C3C4CCC(C4)C23)o1. The van der Waals surface area contributed by atoms with Gasteiger partial charge in [0.2, 0.25) is 5.89 Å². The molecule has 4 rings (SSSR count). The fraction of sp³-hybridized carbons (Fsp3) is 0.846. The Morgan fingerprint density at radius 3 is 2.61 bits per heavy atom. The molecule has 2 N–H and O–H groups in total. The molecule has 1 aromatic rings. The van der Waals surface area contributed by atoms with Gasteiger partial charge in [0, 0.05) is 6.04 Å². The van der Waals surface area contributed by atoms with Crippen molar-refractivity contribution in [1.29, 1.82) is 0 Å². The van der Waals surface area contributed by atoms with Crippen LogP contribution in [0.3, 0.4) is 0 Å². The van der Waals surface area contributed by atoms with Crippen LogP contribution in [0, 0.1) is 23.7 Å². The molecule has 3 saturated carbocycles. The van der Waals surface area contributed by atoms with Crippen LogP contribution in [0.4, 0.5) is 6.01 Å². The van der Waals surface area contributed by atoms with Gasteiger partial charge < -0.3 is 15.1 Å². The zero-order valence-corrected chi connectivity index (χ0v) is 10.9. The van der Waals surface area contributed by atoms with Crippen LogP contribution in [-0.4, -0.2) is 23.3 Å². The molecule has 1 heterocycles. The first kappa shape index (κ1) is 10.8. The van der Waals surface area contributed by atoms with Gasteiger partial charge in [0.15, 0.2) is 0 Å². The van der Waals surface area contributed by atoms with E-state index in [1.807, 2.05) is 14.0 Å². The van der Waals surface area contributed by atoms with E-state index in [1.54, 1.807) is 0 Å². The van der Waals surface area contributed by atoms with Crippen LogP contribution in [0.5, 0.6) is 0 Å². The van der Waals surface area contributed by atoms with Gasteiger partial charge in [-0.15, -0.1) is 5.10 Å². The van der Waals surface area contributed by atoms with Gasteiger partial charge in [-0.3, -0.25) is 0 Å². The highest BCUT2D eigenvalue weighted by Crippen LogP contribution is 2.66. The Morgan fingerprint density at radius 2 is 1.94 bits per heavy atom. The van der Waals surface area contributed by atoms with E-state index in [0.29, 0.717) is 17.9 Å². The maximum absolute atomic E-state index is 5.65. The molecule has 0 aromatic carbocycles. The van der Waals surface area contributed by atoms with E-state index in [-0.39, 0.29) is 6.04 Å². The van der Waals surface area contributed by atoms with Crippen LogP contribution >= 0.6 is 0 Å². The number of anilines is 1. The molecule has 3 aliphatic carbocycles. The second-order valence-corrected chi connectivity index (χ2v) is 6.11. The Bertz CT molecular complexity index is 444. The molecule has 98 valence electrons. The smallest absolute Gasteiger partial charge is 0.315 e. The van der Waals surface area contributed by atoms with Crippen LogP contribution in [-0.2, 0) is 0 Å². The topological polar surface area (TPSA) is 63.0 Å². The monoisotopic (exact) mass is 248 g/mol. The summed E-state index contributed by atoms with van der Waals surface area (Å²) in [6.07, 6.45) is 4.35. The summed E-state index contributed by atoms with van der Waals surface area (Å²) < 4.78 is 5.65. The van der Waals surface area contributed by atoms with Crippen LogP contribution in [0.15, 0.2) is 4.42 Å². The van der Waals surface area contributed by atoms with E-state index < -0.39 is 0 Å². The number of hydrogen-bond acceptors (Lipinski definition) is 5. The van der Waals surface area contributed by atoms with Crippen molar-refractivity contribution in [2.24, 2.45) is 23.7 Å². The molecule has 0 spiro atoms. The van der Waals surface area contributed by atoms with Crippen LogP contribution < -0.4 is 10.6 Å². The van der Waals surface area contributed by atoms with Gasteiger partial charge in [0.25, 0.3) is 0 Å². The van der Waals surface area contributed by atoms with Gasteiger partial charge in [-0.25, -0.2) is 0 Å². The second-order valence-electron chi connectivity index (χ2n) is 6.11. The molecule has 2 bridgehead atoms. The Balaban J connectivity index is 1.43. The van der Waals surface area contributed by atoms with Crippen LogP contribution in [0.1, 0.15) is 38.1 Å². The van der Waals surface area contributed by atoms with Crippen molar-refractivity contribution in [3.63, 3.8) is 0 Å². The van der Waals surface area contributed by atoms with Crippen molar-refractivity contribution >= 4 is 6.01 Å². The number of nitrogens with one attached hydrogen (secondary N) is 2. The lowest BCUT2D eigenvalue weighted by Gasteiger charge is -2.08. The van der Waals surface area contributed by atoms with Gasteiger partial charge >= 0.3 is 6.01 Å². The lowest BCUT2D eigenvalue weighted by Crippen LogP contribution is -2.13. The number of fused-ring (bicyclic) bond motifs is 5. The van der Waals surface area contributed by atoms with Gasteiger partial charge in [0.1, 0.15) is 0 Å². The Labute approximate surface area is 107 Å². The number of aromatic nitrogens is 2. The molecule has 18 heavy (non-hydrogen) atoms. The van der Waals surface area contributed by atoms with Crippen LogP contribution in [0.25, 0.3) is 0 Å². The van der Waals surface area contributed by atoms with E-state index in [4.69, 9.17) is 4.42 Å². The van der Waals surface area contributed by atoms with Crippen molar-refractivity contribution in [2.75, 3.05) is 12.4 Å². The van der Waals surface area contributed by atoms with E-state index in [2.05, 4.69) is 20.8 Å². The highest BCUT2D eigenvalue weighted by molar-refractivity contribution is 5.31. The second kappa shape index (κ2) is 3.70. The highest BCUT2D eigenvalue weighted by Gasteiger charge is 2.65. The first-order valence-electron chi connectivity index (χ1n) is 7.05. The summed E-state index contributed by atoms with van der Waals surface area (Å²) in [6.45, 7) is 2.02. The maximum atomic E-state index is 5.65. The predicted octanol–water partition coefficient (Wildman–Crippen LogP) is 1.81. The third-order valence-corrected chi connectivity index (χ3v) is 5.27. The fourth-order valence-corrected chi connectivity index (χ4v) is 4.25. The molecule has 5 atom stereocenters. The normalized spacial score (nSPS) is 41.8. The van der Waals surface area contributed by atoms with Crippen molar-refractivity contribution < 1.29 is 4.42 Å². The first-order chi connectivity index (χ1) is 8.78. The largest absolute Gasteiger partial charge is 0.406 e. The van der Waals surface area contributed by atoms with Gasteiger partial charge in [-0.2, -0.15) is 0 Å². The lowest BCUT2D eigenvalue weighted by molar-refractivity contribution is 0.437. The maximum Gasteiger partial charge on any atom is 0.315 e. The van der Waals surface area contributed by atoms with Crippen molar-refractivity contribution in [1.82, 2.24) is 15.5 Å². The molecule has 0 saturated heterocycles. The fourth-order valence-electron chi connectivity index (χ4n) is 4.25. The molecule has 0 radical (unpaired) electrons. The van der Waals surface area contributed by atoms with Gasteiger partial charge in [0.05, 0.1) is 6.04 Å². The van der Waals surface area contributed by atoms with Gasteiger partial charge in [-0.1, -0.05) is 5.10 Å². The molecular weight excluding hydrogens is 228 g/mol. The number of nitrogens with zero attached hydrogens (tertiary/aromatic N) is 2. The number of hydrogen-bond donors (Lipinski definition) is 2. The molecule has 5 unspecified atom stereocenters. The third kappa shape index (κ3) is 1.43. The first-order valence-corrected chi connectivity index (χ1v) is 7.05. The van der Waals surface area contributed by atoms with Crippen molar-refractivity contribution in [2.45, 2.75) is 38.3 Å². The summed E-state index contributed by atoms with van der Waals surface area (Å²) in [7, 11) is 1.89. The summed E-state index contributed by atoms with van der Waals surface area (Å²) in [5.74, 6) is 4.38. The minimum atomic E-state index is 0.114. The lowest BCUT2D eigenvalue weighted by atomic mass is 10.0. The van der Waals surface area contributed by atoms with Gasteiger partial charge in [-0.05, 0) is 56.9 Å². The Morgan fingerprint density at radius 1 is 1.22 bits per heavy atom. The Kier molecular flexibility index (Phi) is 2.22. The molecule has 1 aromatic heterocycles. The zero-order chi connectivity index (χ0) is 12.3. The highest BCUT2D eigenvalue weighted by atomic mass is 16.4. The average molecular weight is 248 g/mol. The van der Waals surface area contributed by atoms with E-state index in [0.717, 1.165) is 23.7 Å². The predicted molar refractivity (Wildman–Crippen MR) is 67.0 cm³/mol. The standard InChI is InChI=1S/C13H20N4O/c1-6(14-2)12-16-17-13(18-12)15-11-9-7-3-4-8(5-7)10(9)11/h6-11,14H,3-5H2,1-2H3,(H,15,17). The van der Waals surface area contributed by atoms with Crippen molar-refractivity contribution in [3.05, 3.63) is 5.89 Å². The molecule has 0 amide bonds. The summed E-state index contributed by atoms with van der Waals surface area (Å²) in [4.78, 5) is 0. The molecule has 5 heteroatoms. The van der Waals surface area contributed by atoms with Crippen LogP contribution in [0.2, 0.25) is 0 Å². The molecule has 3 aliphatic rings. The van der Waals surface area contributed by atoms with E-state index in [1.165, 1.54) is 19.3 Å². The quantitative estimate of drug-likeness (QED) is 0.850. The van der Waals surface area contributed by atoms with Crippen molar-refractivity contribution in [3.8, 4) is 0 Å². The molecule has 3 fully saturated rings. The summed E-state index contributed by atoms with van der Waals surface area (Å²) in [5, 5.41) is 14.7. The summed E-state index contributed by atoms with van der Waals surface area (Å²) in [6, 6.07) is 1.32. The summed E-state index contributed by atoms with van der Waals surface area (Å²) in [5.41, 5.74) is 0. The minimum Gasteiger partial charge on any atom is -0.406 e. The summed E-state index contributed by atoms with van der Waals surface area (Å²) >= 11 is 0. The average Bonchev–Trinajstić information content (AvgIpc) is 2.83. The number of rotatable bonds is 4. The molecular formula is C13H20N4O.